The Balaban J connectivity index is 1.59. The number of carbonyl (C=O) groups is 3. The Morgan fingerprint density at radius 3 is 2.72 bits per heavy atom. The van der Waals surface area contributed by atoms with Gasteiger partial charge in [-0.1, -0.05) is 47.5 Å². The first-order valence-electron chi connectivity index (χ1n) is 9.02. The lowest BCUT2D eigenvalue weighted by atomic mass is 9.95. The van der Waals surface area contributed by atoms with Gasteiger partial charge in [-0.2, -0.15) is 0 Å². The summed E-state index contributed by atoms with van der Waals surface area (Å²) in [4.78, 5) is 38.8. The minimum absolute atomic E-state index is 0.0472. The second kappa shape index (κ2) is 7.60. The third kappa shape index (κ3) is 3.82. The van der Waals surface area contributed by atoms with E-state index in [1.165, 1.54) is 4.90 Å². The van der Waals surface area contributed by atoms with Crippen molar-refractivity contribution in [1.29, 1.82) is 0 Å². The van der Waals surface area contributed by atoms with Crippen LogP contribution in [0.15, 0.2) is 59.8 Å². The Hall–Kier alpha value is -3.32. The second-order valence-electron chi connectivity index (χ2n) is 6.87. The Bertz CT molecular complexity index is 1030. The summed E-state index contributed by atoms with van der Waals surface area (Å²) in [7, 11) is 0. The number of nitrogens with one attached hydrogen (secondary N) is 2. The number of nitrogens with zero attached hydrogens (tertiary/aromatic N) is 1. The number of anilines is 1. The van der Waals surface area contributed by atoms with Crippen LogP contribution in [0.1, 0.15) is 17.2 Å². The molecule has 0 saturated carbocycles. The topological polar surface area (TPSA) is 87.7 Å². The molecule has 0 fully saturated rings. The van der Waals surface area contributed by atoms with E-state index in [9.17, 15) is 14.4 Å². The van der Waals surface area contributed by atoms with E-state index in [0.29, 0.717) is 22.0 Å². The van der Waals surface area contributed by atoms with E-state index < -0.39 is 23.9 Å². The maximum atomic E-state index is 12.7. The predicted molar refractivity (Wildman–Crippen MR) is 107 cm³/mol. The first kappa shape index (κ1) is 19.0. The molecule has 2 aromatic rings. The molecule has 0 radical (unpaired) electrons. The average Bonchev–Trinajstić information content (AvgIpc) is 3.06. The van der Waals surface area contributed by atoms with Gasteiger partial charge < -0.3 is 15.4 Å². The van der Waals surface area contributed by atoms with Crippen molar-refractivity contribution < 1.29 is 19.1 Å². The molecule has 2 heterocycles. The number of halogens is 1. The molecule has 3 amide bonds. The second-order valence-corrected chi connectivity index (χ2v) is 7.31. The summed E-state index contributed by atoms with van der Waals surface area (Å²) in [5.74, 6) is -0.909. The lowest BCUT2D eigenvalue weighted by molar-refractivity contribution is -0.136. The zero-order chi connectivity index (χ0) is 20.5. The van der Waals surface area contributed by atoms with Crippen LogP contribution < -0.4 is 10.6 Å². The van der Waals surface area contributed by atoms with Crippen LogP contribution in [0.4, 0.5) is 10.5 Å². The van der Waals surface area contributed by atoms with Gasteiger partial charge in [0.15, 0.2) is 0 Å². The molecule has 4 rings (SSSR count). The number of rotatable bonds is 4. The fourth-order valence-corrected chi connectivity index (χ4v) is 3.59. The number of hydrogen-bond donors (Lipinski definition) is 2. The molecule has 29 heavy (non-hydrogen) atoms. The third-order valence-corrected chi connectivity index (χ3v) is 5.05. The Morgan fingerprint density at radius 1 is 1.24 bits per heavy atom. The standard InChI is InChI=1S/C21H18ClN3O4/c1-12-5-7-13(8-6-12)19-18-16(11-29-20(18)27)25(21(28)24-19)10-17(26)23-15-4-2-3-14(22)9-15/h2-9,19H,10-11H2,1H3,(H,23,26)(H,24,28)/t19-/m1/s1. The van der Waals surface area contributed by atoms with E-state index in [1.54, 1.807) is 24.3 Å². The van der Waals surface area contributed by atoms with E-state index in [4.69, 9.17) is 16.3 Å². The van der Waals surface area contributed by atoms with Gasteiger partial charge in [0.05, 0.1) is 17.3 Å². The van der Waals surface area contributed by atoms with Gasteiger partial charge in [0.25, 0.3) is 0 Å². The lowest BCUT2D eigenvalue weighted by Crippen LogP contribution is -2.49. The smallest absolute Gasteiger partial charge is 0.338 e. The van der Waals surface area contributed by atoms with Crippen molar-refractivity contribution in [3.63, 3.8) is 0 Å². The number of benzene rings is 2. The Morgan fingerprint density at radius 2 is 2.00 bits per heavy atom. The lowest BCUT2D eigenvalue weighted by Gasteiger charge is -2.32. The molecule has 0 bridgehead atoms. The maximum Gasteiger partial charge on any atom is 0.338 e. The van der Waals surface area contributed by atoms with Crippen LogP contribution >= 0.6 is 11.6 Å². The SMILES string of the molecule is Cc1ccc([C@H]2NC(=O)N(CC(=O)Nc3cccc(Cl)c3)C3=C2C(=O)OC3)cc1. The molecule has 8 heteroatoms. The number of aryl methyl sites for hydroxylation is 1. The van der Waals surface area contributed by atoms with Crippen molar-refractivity contribution in [2.24, 2.45) is 0 Å². The Labute approximate surface area is 172 Å². The number of esters is 1. The van der Waals surface area contributed by atoms with Crippen LogP contribution in [0.25, 0.3) is 0 Å². The number of cyclic esters (lactones) is 1. The van der Waals surface area contributed by atoms with E-state index in [-0.39, 0.29) is 13.2 Å². The van der Waals surface area contributed by atoms with Crippen LogP contribution in [0.5, 0.6) is 0 Å². The van der Waals surface area contributed by atoms with E-state index in [1.807, 2.05) is 31.2 Å². The van der Waals surface area contributed by atoms with Crippen LogP contribution in [0.3, 0.4) is 0 Å². The normalized spacial score (nSPS) is 18.3. The van der Waals surface area contributed by atoms with Gasteiger partial charge in [-0.3, -0.25) is 9.69 Å². The predicted octanol–water partition coefficient (Wildman–Crippen LogP) is 3.16. The summed E-state index contributed by atoms with van der Waals surface area (Å²) in [6, 6.07) is 13.2. The quantitative estimate of drug-likeness (QED) is 0.756. The molecule has 0 aromatic heterocycles. The summed E-state index contributed by atoms with van der Waals surface area (Å²) in [5.41, 5.74) is 3.12. The first-order valence-corrected chi connectivity index (χ1v) is 9.40. The zero-order valence-corrected chi connectivity index (χ0v) is 16.3. The molecule has 2 aliphatic heterocycles. The zero-order valence-electron chi connectivity index (χ0n) is 15.6. The van der Waals surface area contributed by atoms with Crippen molar-refractivity contribution in [3.05, 3.63) is 76.0 Å². The molecule has 0 aliphatic carbocycles. The van der Waals surface area contributed by atoms with Gasteiger partial charge in [-0.05, 0) is 30.7 Å². The molecule has 148 valence electrons. The number of urea groups is 1. The van der Waals surface area contributed by atoms with E-state index >= 15 is 0 Å². The molecule has 0 spiro atoms. The highest BCUT2D eigenvalue weighted by Gasteiger charge is 2.42. The van der Waals surface area contributed by atoms with Crippen LogP contribution in [0, 0.1) is 6.92 Å². The van der Waals surface area contributed by atoms with Crippen molar-refractivity contribution in [2.45, 2.75) is 13.0 Å². The summed E-state index contributed by atoms with van der Waals surface area (Å²) >= 11 is 5.93. The maximum absolute atomic E-state index is 12.7. The summed E-state index contributed by atoms with van der Waals surface area (Å²) < 4.78 is 5.17. The highest BCUT2D eigenvalue weighted by atomic mass is 35.5. The average molecular weight is 412 g/mol. The molecule has 2 aromatic carbocycles. The van der Waals surface area contributed by atoms with Gasteiger partial charge in [0.2, 0.25) is 5.91 Å². The van der Waals surface area contributed by atoms with Gasteiger partial charge in [-0.25, -0.2) is 9.59 Å². The molecule has 1 atom stereocenters. The Kier molecular flexibility index (Phi) is 4.98. The number of amides is 3. The molecule has 7 nitrogen and oxygen atoms in total. The minimum Gasteiger partial charge on any atom is -0.456 e. The van der Waals surface area contributed by atoms with Crippen molar-refractivity contribution >= 4 is 35.2 Å². The summed E-state index contributed by atoms with van der Waals surface area (Å²) in [6.45, 7) is 1.65. The molecule has 0 saturated heterocycles. The van der Waals surface area contributed by atoms with Crippen molar-refractivity contribution in [3.8, 4) is 0 Å². The minimum atomic E-state index is -0.611. The van der Waals surface area contributed by atoms with Gasteiger partial charge in [-0.15, -0.1) is 0 Å². The third-order valence-electron chi connectivity index (χ3n) is 4.82. The van der Waals surface area contributed by atoms with Crippen molar-refractivity contribution in [1.82, 2.24) is 10.2 Å². The van der Waals surface area contributed by atoms with Crippen LogP contribution in [0.2, 0.25) is 5.02 Å². The highest BCUT2D eigenvalue weighted by Crippen LogP contribution is 2.35. The number of carbonyl (C=O) groups excluding carboxylic acids is 3. The fraction of sp³-hybridized carbons (Fsp3) is 0.190. The molecular formula is C21H18ClN3O4. The molecular weight excluding hydrogens is 394 g/mol. The summed E-state index contributed by atoms with van der Waals surface area (Å²) in [6.07, 6.45) is 0. The van der Waals surface area contributed by atoms with E-state index in [0.717, 1.165) is 11.1 Å². The van der Waals surface area contributed by atoms with Crippen LogP contribution in [-0.2, 0) is 14.3 Å². The van der Waals surface area contributed by atoms with Crippen LogP contribution in [-0.4, -0.2) is 36.0 Å². The van der Waals surface area contributed by atoms with Crippen molar-refractivity contribution in [2.75, 3.05) is 18.5 Å². The largest absolute Gasteiger partial charge is 0.456 e. The molecule has 2 aliphatic rings. The van der Waals surface area contributed by atoms with Gasteiger partial charge in [0, 0.05) is 10.7 Å². The van der Waals surface area contributed by atoms with Gasteiger partial charge in [0.1, 0.15) is 13.2 Å². The first-order chi connectivity index (χ1) is 13.9. The fourth-order valence-electron chi connectivity index (χ4n) is 3.40. The molecule has 2 N–H and O–H groups in total. The monoisotopic (exact) mass is 411 g/mol. The van der Waals surface area contributed by atoms with Gasteiger partial charge >= 0.3 is 12.0 Å². The summed E-state index contributed by atoms with van der Waals surface area (Å²) in [5, 5.41) is 5.99. The number of hydrogen-bond acceptors (Lipinski definition) is 4. The number of ether oxygens (including phenoxy) is 1. The highest BCUT2D eigenvalue weighted by molar-refractivity contribution is 6.30. The van der Waals surface area contributed by atoms with E-state index in [2.05, 4.69) is 10.6 Å². The molecule has 0 unspecified atom stereocenters.